The third kappa shape index (κ3) is 4.40. The summed E-state index contributed by atoms with van der Waals surface area (Å²) >= 11 is 0. The first kappa shape index (κ1) is 18.1. The third-order valence-corrected chi connectivity index (χ3v) is 4.33. The van der Waals surface area contributed by atoms with Crippen LogP contribution >= 0.6 is 0 Å². The minimum atomic E-state index is -0.564. The van der Waals surface area contributed by atoms with E-state index in [0.29, 0.717) is 17.1 Å². The number of rotatable bonds is 6. The van der Waals surface area contributed by atoms with Gasteiger partial charge in [-0.25, -0.2) is 4.79 Å². The molecule has 1 aliphatic heterocycles. The fraction of sp³-hybridized carbons (Fsp3) is 0.556. The molecule has 0 spiro atoms. The Morgan fingerprint density at radius 1 is 1.12 bits per heavy atom. The second-order valence-electron chi connectivity index (χ2n) is 5.82. The van der Waals surface area contributed by atoms with E-state index in [1.807, 2.05) is 4.90 Å². The standard InChI is InChI=1S/C18H25NO5/c1-4-14-7-5-6-8-19(14)17(20)12-24-18(21)13-9-15(22-2)11-16(10-13)23-3/h9-11,14H,4-8,12H2,1-3H3. The summed E-state index contributed by atoms with van der Waals surface area (Å²) in [5, 5.41) is 0. The van der Waals surface area contributed by atoms with Crippen molar-refractivity contribution in [3.05, 3.63) is 23.8 Å². The van der Waals surface area contributed by atoms with Crippen molar-refractivity contribution in [2.45, 2.75) is 38.6 Å². The highest BCUT2D eigenvalue weighted by Gasteiger charge is 2.26. The topological polar surface area (TPSA) is 65.1 Å². The number of amides is 1. The molecule has 0 N–H and O–H groups in total. The molecule has 0 saturated carbocycles. The minimum Gasteiger partial charge on any atom is -0.497 e. The number of piperidine rings is 1. The Kier molecular flexibility index (Phi) is 6.46. The van der Waals surface area contributed by atoms with Crippen molar-refractivity contribution in [1.82, 2.24) is 4.90 Å². The quantitative estimate of drug-likeness (QED) is 0.748. The Morgan fingerprint density at radius 3 is 2.38 bits per heavy atom. The Bertz CT molecular complexity index is 565. The van der Waals surface area contributed by atoms with Crippen molar-refractivity contribution in [3.8, 4) is 11.5 Å². The van der Waals surface area contributed by atoms with Crippen molar-refractivity contribution in [2.75, 3.05) is 27.4 Å². The molecule has 1 aliphatic rings. The van der Waals surface area contributed by atoms with Crippen LogP contribution in [0.4, 0.5) is 0 Å². The molecule has 0 aliphatic carbocycles. The van der Waals surface area contributed by atoms with E-state index in [-0.39, 0.29) is 18.6 Å². The molecule has 1 aromatic rings. The van der Waals surface area contributed by atoms with Gasteiger partial charge in [0.2, 0.25) is 0 Å². The van der Waals surface area contributed by atoms with Crippen LogP contribution in [0.1, 0.15) is 43.0 Å². The number of benzene rings is 1. The number of likely N-dealkylation sites (tertiary alicyclic amines) is 1. The fourth-order valence-electron chi connectivity index (χ4n) is 2.97. The maximum Gasteiger partial charge on any atom is 0.338 e. The van der Waals surface area contributed by atoms with Crippen molar-refractivity contribution in [2.24, 2.45) is 0 Å². The van der Waals surface area contributed by atoms with Crippen LogP contribution in [0.25, 0.3) is 0 Å². The molecule has 2 rings (SSSR count). The third-order valence-electron chi connectivity index (χ3n) is 4.33. The van der Waals surface area contributed by atoms with E-state index in [4.69, 9.17) is 14.2 Å². The SMILES string of the molecule is CCC1CCCCN1C(=O)COC(=O)c1cc(OC)cc(OC)c1. The molecular formula is C18H25NO5. The molecule has 1 heterocycles. The number of ether oxygens (including phenoxy) is 3. The summed E-state index contributed by atoms with van der Waals surface area (Å²) in [6.45, 7) is 2.57. The first-order valence-electron chi connectivity index (χ1n) is 8.28. The van der Waals surface area contributed by atoms with Gasteiger partial charge >= 0.3 is 5.97 Å². The van der Waals surface area contributed by atoms with Crippen LogP contribution in [0, 0.1) is 0 Å². The maximum atomic E-state index is 12.3. The van der Waals surface area contributed by atoms with E-state index >= 15 is 0 Å². The number of hydrogen-bond acceptors (Lipinski definition) is 5. The molecule has 24 heavy (non-hydrogen) atoms. The van der Waals surface area contributed by atoms with Gasteiger partial charge in [-0.2, -0.15) is 0 Å². The smallest absolute Gasteiger partial charge is 0.338 e. The Balaban J connectivity index is 1.98. The van der Waals surface area contributed by atoms with Gasteiger partial charge in [0.25, 0.3) is 5.91 Å². The summed E-state index contributed by atoms with van der Waals surface area (Å²) in [5.41, 5.74) is 0.296. The van der Waals surface area contributed by atoms with Gasteiger partial charge in [0, 0.05) is 18.7 Å². The predicted octanol–water partition coefficient (Wildman–Crippen LogP) is 2.65. The van der Waals surface area contributed by atoms with E-state index in [9.17, 15) is 9.59 Å². The second-order valence-corrected chi connectivity index (χ2v) is 5.82. The van der Waals surface area contributed by atoms with Crippen LogP contribution in [0.15, 0.2) is 18.2 Å². The summed E-state index contributed by atoms with van der Waals surface area (Å²) in [4.78, 5) is 26.4. The highest BCUT2D eigenvalue weighted by atomic mass is 16.5. The van der Waals surface area contributed by atoms with Crippen LogP contribution in [0.3, 0.4) is 0 Å². The molecule has 1 aromatic carbocycles. The van der Waals surface area contributed by atoms with E-state index in [1.165, 1.54) is 14.2 Å². The normalized spacial score (nSPS) is 17.3. The van der Waals surface area contributed by atoms with Gasteiger partial charge < -0.3 is 19.1 Å². The number of methoxy groups -OCH3 is 2. The van der Waals surface area contributed by atoms with Gasteiger partial charge in [0.15, 0.2) is 6.61 Å². The van der Waals surface area contributed by atoms with Crippen molar-refractivity contribution < 1.29 is 23.8 Å². The minimum absolute atomic E-state index is 0.134. The molecular weight excluding hydrogens is 310 g/mol. The van der Waals surface area contributed by atoms with Gasteiger partial charge in [-0.1, -0.05) is 6.92 Å². The van der Waals surface area contributed by atoms with Gasteiger partial charge in [-0.3, -0.25) is 4.79 Å². The molecule has 1 fully saturated rings. The number of nitrogens with zero attached hydrogens (tertiary/aromatic N) is 1. The second kappa shape index (κ2) is 8.57. The molecule has 1 amide bonds. The van der Waals surface area contributed by atoms with Crippen molar-refractivity contribution in [3.63, 3.8) is 0 Å². The molecule has 132 valence electrons. The lowest BCUT2D eigenvalue weighted by Crippen LogP contribution is -2.45. The first-order valence-corrected chi connectivity index (χ1v) is 8.28. The van der Waals surface area contributed by atoms with Crippen LogP contribution in [0.5, 0.6) is 11.5 Å². The van der Waals surface area contributed by atoms with Crippen LogP contribution in [0.2, 0.25) is 0 Å². The molecule has 1 saturated heterocycles. The average Bonchev–Trinajstić information content (AvgIpc) is 2.65. The van der Waals surface area contributed by atoms with Gasteiger partial charge in [0.05, 0.1) is 19.8 Å². The zero-order valence-electron chi connectivity index (χ0n) is 14.5. The number of hydrogen-bond donors (Lipinski definition) is 0. The van der Waals surface area contributed by atoms with E-state index in [1.54, 1.807) is 18.2 Å². The molecule has 0 bridgehead atoms. The van der Waals surface area contributed by atoms with Gasteiger partial charge in [-0.05, 0) is 37.8 Å². The molecule has 0 aromatic heterocycles. The lowest BCUT2D eigenvalue weighted by atomic mass is 10.00. The zero-order valence-corrected chi connectivity index (χ0v) is 14.5. The number of carbonyl (C=O) groups is 2. The van der Waals surface area contributed by atoms with Crippen LogP contribution in [-0.2, 0) is 9.53 Å². The highest BCUT2D eigenvalue weighted by molar-refractivity contribution is 5.92. The largest absolute Gasteiger partial charge is 0.497 e. The number of carbonyl (C=O) groups excluding carboxylic acids is 2. The monoisotopic (exact) mass is 335 g/mol. The zero-order chi connectivity index (χ0) is 17.5. The lowest BCUT2D eigenvalue weighted by Gasteiger charge is -2.35. The predicted molar refractivity (Wildman–Crippen MR) is 89.5 cm³/mol. The molecule has 6 nitrogen and oxygen atoms in total. The van der Waals surface area contributed by atoms with Crippen LogP contribution < -0.4 is 9.47 Å². The van der Waals surface area contributed by atoms with Gasteiger partial charge in [0.1, 0.15) is 11.5 Å². The van der Waals surface area contributed by atoms with Crippen LogP contribution in [-0.4, -0.2) is 50.2 Å². The number of esters is 1. The molecule has 6 heteroatoms. The summed E-state index contributed by atoms with van der Waals surface area (Å²) in [6, 6.07) is 5.04. The Labute approximate surface area is 142 Å². The van der Waals surface area contributed by atoms with E-state index in [2.05, 4.69) is 6.92 Å². The Morgan fingerprint density at radius 2 is 1.79 bits per heavy atom. The average molecular weight is 335 g/mol. The van der Waals surface area contributed by atoms with Crippen molar-refractivity contribution >= 4 is 11.9 Å². The van der Waals surface area contributed by atoms with Gasteiger partial charge in [-0.15, -0.1) is 0 Å². The summed E-state index contributed by atoms with van der Waals surface area (Å²) < 4.78 is 15.5. The van der Waals surface area contributed by atoms with E-state index < -0.39 is 5.97 Å². The highest BCUT2D eigenvalue weighted by Crippen LogP contribution is 2.23. The van der Waals surface area contributed by atoms with Crippen molar-refractivity contribution in [1.29, 1.82) is 0 Å². The van der Waals surface area contributed by atoms with E-state index in [0.717, 1.165) is 32.2 Å². The molecule has 1 unspecified atom stereocenters. The first-order chi connectivity index (χ1) is 11.6. The molecule has 0 radical (unpaired) electrons. The molecule has 1 atom stereocenters. The maximum absolute atomic E-state index is 12.3. The lowest BCUT2D eigenvalue weighted by molar-refractivity contribution is -0.138. The Hall–Kier alpha value is -2.24. The summed E-state index contributed by atoms with van der Waals surface area (Å²) in [5.74, 6) is 0.291. The fourth-order valence-corrected chi connectivity index (χ4v) is 2.97. The summed E-state index contributed by atoms with van der Waals surface area (Å²) in [6.07, 6.45) is 4.09. The summed E-state index contributed by atoms with van der Waals surface area (Å²) in [7, 11) is 3.02.